The number of amides is 1. The fourth-order valence-electron chi connectivity index (χ4n) is 9.13. The number of rotatable bonds is 8. The van der Waals surface area contributed by atoms with E-state index in [1.54, 1.807) is 6.20 Å². The lowest BCUT2D eigenvalue weighted by Crippen LogP contribution is -2.51. The Morgan fingerprint density at radius 3 is 2.67 bits per heavy atom. The van der Waals surface area contributed by atoms with E-state index in [2.05, 4.69) is 24.1 Å². The summed E-state index contributed by atoms with van der Waals surface area (Å²) in [6.45, 7) is 4.66. The monoisotopic (exact) mass is 574 g/mol. The molecule has 3 saturated carbocycles. The van der Waals surface area contributed by atoms with Gasteiger partial charge in [0.25, 0.3) is 0 Å². The first-order valence-corrected chi connectivity index (χ1v) is 15.6. The van der Waals surface area contributed by atoms with Gasteiger partial charge in [-0.1, -0.05) is 37.6 Å². The van der Waals surface area contributed by atoms with E-state index in [0.29, 0.717) is 24.2 Å². The molecule has 0 radical (unpaired) electrons. The van der Waals surface area contributed by atoms with Gasteiger partial charge in [-0.3, -0.25) is 14.4 Å². The van der Waals surface area contributed by atoms with E-state index in [4.69, 9.17) is 4.74 Å². The average Bonchev–Trinajstić information content (AvgIpc) is 3.52. The Morgan fingerprint density at radius 1 is 1.05 bits per heavy atom. The zero-order valence-electron chi connectivity index (χ0n) is 24.6. The number of ether oxygens (including phenoxy) is 1. The number of para-hydroxylation sites is 1. The van der Waals surface area contributed by atoms with Crippen LogP contribution in [-0.2, 0) is 30.3 Å². The number of carbonyl (C=O) groups excluding carboxylic acids is 3. The maximum Gasteiger partial charge on any atom is 0.326 e. The molecule has 6 rings (SSSR count). The van der Waals surface area contributed by atoms with Crippen LogP contribution in [0.5, 0.6) is 0 Å². The van der Waals surface area contributed by atoms with Crippen LogP contribution in [0, 0.1) is 28.6 Å². The summed E-state index contributed by atoms with van der Waals surface area (Å²) in [7, 11) is 0. The average molecular weight is 575 g/mol. The van der Waals surface area contributed by atoms with Crippen molar-refractivity contribution >= 4 is 34.5 Å². The number of hydrogen-bond acceptors (Lipinski definition) is 5. The third-order valence-corrected chi connectivity index (χ3v) is 11.4. The molecule has 0 unspecified atom stereocenters. The van der Waals surface area contributed by atoms with Crippen LogP contribution in [0.1, 0.15) is 83.6 Å². The van der Waals surface area contributed by atoms with Crippen molar-refractivity contribution in [3.8, 4) is 0 Å². The van der Waals surface area contributed by atoms with Gasteiger partial charge in [-0.2, -0.15) is 0 Å². The first-order valence-electron chi connectivity index (χ1n) is 15.6. The van der Waals surface area contributed by atoms with Gasteiger partial charge in [-0.15, -0.1) is 0 Å². The third kappa shape index (κ3) is 5.07. The Bertz CT molecular complexity index is 1440. The van der Waals surface area contributed by atoms with Crippen molar-refractivity contribution in [2.24, 2.45) is 28.6 Å². The molecule has 1 heterocycles. The molecule has 8 nitrogen and oxygen atoms in total. The number of nitrogens with one attached hydrogen (secondary N) is 2. The molecule has 0 spiro atoms. The standard InChI is InChI=1S/C34H42N2O6/c1-33-15-13-22(37)18-21(33)7-8-24-25-9-10-29(34(25,2)16-14-26(24)33)42-31(39)12-11-30(38)36-28(32(40)41)17-20-19-35-27-6-4-3-5-23(20)27/h3-6,18-19,24-26,28-29,35H,7-17H2,1-2H3,(H,36,38)(H,40,41)/t24-,25-,26-,28-,29-,33+,34+/m1/s1. The van der Waals surface area contributed by atoms with Crippen molar-refractivity contribution in [3.63, 3.8) is 0 Å². The van der Waals surface area contributed by atoms with E-state index in [-0.39, 0.29) is 42.0 Å². The zero-order valence-corrected chi connectivity index (χ0v) is 24.6. The number of ketones is 1. The lowest BCUT2D eigenvalue weighted by molar-refractivity contribution is -0.160. The number of aliphatic carboxylic acids is 1. The van der Waals surface area contributed by atoms with E-state index in [1.165, 1.54) is 5.57 Å². The minimum absolute atomic E-state index is 0.0745. The van der Waals surface area contributed by atoms with Crippen molar-refractivity contribution in [2.75, 3.05) is 0 Å². The second-order valence-corrected chi connectivity index (χ2v) is 13.6. The summed E-state index contributed by atoms with van der Waals surface area (Å²) in [5.74, 6) is -0.0533. The molecule has 1 aromatic carbocycles. The molecule has 1 aromatic heterocycles. The van der Waals surface area contributed by atoms with Gasteiger partial charge < -0.3 is 20.1 Å². The largest absolute Gasteiger partial charge is 0.480 e. The van der Waals surface area contributed by atoms with Crippen molar-refractivity contribution < 1.29 is 29.0 Å². The Morgan fingerprint density at radius 2 is 1.86 bits per heavy atom. The molecule has 0 aliphatic heterocycles. The molecule has 8 heteroatoms. The SMILES string of the molecule is C[C@]12CC[C@@H]3[C@H](CCC4=CC(=O)CC[C@@]43C)[C@H]1CC[C@H]2OC(=O)CCC(=O)N[C@H](Cc1c[nH]c2ccccc12)C(=O)O. The van der Waals surface area contributed by atoms with Crippen LogP contribution < -0.4 is 5.32 Å². The molecule has 2 aromatic rings. The van der Waals surface area contributed by atoms with Gasteiger partial charge in [0.05, 0.1) is 6.42 Å². The number of hydrogen-bond donors (Lipinski definition) is 3. The fraction of sp³-hybridized carbons (Fsp3) is 0.588. The highest BCUT2D eigenvalue weighted by molar-refractivity contribution is 5.91. The Kier molecular flexibility index (Phi) is 7.52. The molecule has 0 bridgehead atoms. The summed E-state index contributed by atoms with van der Waals surface area (Å²) >= 11 is 0. The van der Waals surface area contributed by atoms with Crippen molar-refractivity contribution in [1.82, 2.24) is 10.3 Å². The summed E-state index contributed by atoms with van der Waals surface area (Å²) < 4.78 is 6.05. The van der Waals surface area contributed by atoms with Gasteiger partial charge in [0.2, 0.25) is 5.91 Å². The van der Waals surface area contributed by atoms with Crippen LogP contribution >= 0.6 is 0 Å². The van der Waals surface area contributed by atoms with Crippen LogP contribution in [0.3, 0.4) is 0 Å². The summed E-state index contributed by atoms with van der Waals surface area (Å²) in [6.07, 6.45) is 11.2. The molecule has 224 valence electrons. The summed E-state index contributed by atoms with van der Waals surface area (Å²) in [4.78, 5) is 52.8. The Hall–Kier alpha value is -3.42. The maximum absolute atomic E-state index is 12.9. The minimum atomic E-state index is -1.12. The van der Waals surface area contributed by atoms with Crippen molar-refractivity contribution in [2.45, 2.75) is 96.6 Å². The maximum atomic E-state index is 12.9. The van der Waals surface area contributed by atoms with Gasteiger partial charge in [0, 0.05) is 41.8 Å². The van der Waals surface area contributed by atoms with Gasteiger partial charge in [-0.25, -0.2) is 4.79 Å². The number of aromatic amines is 1. The number of carboxylic acids is 1. The lowest BCUT2D eigenvalue weighted by atomic mass is 9.47. The molecule has 1 amide bonds. The first-order chi connectivity index (χ1) is 20.1. The van der Waals surface area contributed by atoms with Crippen LogP contribution in [0.15, 0.2) is 42.1 Å². The van der Waals surface area contributed by atoms with Gasteiger partial charge in [0.1, 0.15) is 12.1 Å². The van der Waals surface area contributed by atoms with Crippen molar-refractivity contribution in [3.05, 3.63) is 47.7 Å². The van der Waals surface area contributed by atoms with Gasteiger partial charge in [-0.05, 0) is 85.8 Å². The number of benzene rings is 1. The highest BCUT2D eigenvalue weighted by atomic mass is 16.5. The predicted molar refractivity (Wildman–Crippen MR) is 157 cm³/mol. The molecule has 4 aliphatic carbocycles. The number of esters is 1. The molecule has 3 fully saturated rings. The van der Waals surface area contributed by atoms with E-state index in [1.807, 2.05) is 30.3 Å². The number of allylic oxidation sites excluding steroid dienone is 1. The number of H-pyrrole nitrogens is 1. The number of carboxylic acid groups (broad SMARTS) is 1. The number of aromatic nitrogens is 1. The molecule has 7 atom stereocenters. The van der Waals surface area contributed by atoms with Gasteiger partial charge in [0.15, 0.2) is 5.78 Å². The van der Waals surface area contributed by atoms with E-state index < -0.39 is 23.9 Å². The zero-order chi connectivity index (χ0) is 29.6. The summed E-state index contributed by atoms with van der Waals surface area (Å²) in [6, 6.07) is 6.53. The first kappa shape index (κ1) is 28.7. The quantitative estimate of drug-likeness (QED) is 0.357. The van der Waals surface area contributed by atoms with Crippen LogP contribution in [0.25, 0.3) is 10.9 Å². The van der Waals surface area contributed by atoms with E-state index >= 15 is 0 Å². The predicted octanol–water partition coefficient (Wildman–Crippen LogP) is 5.50. The molecule has 0 saturated heterocycles. The molecular formula is C34H42N2O6. The lowest BCUT2D eigenvalue weighted by Gasteiger charge is -2.57. The number of carbonyl (C=O) groups is 4. The second kappa shape index (κ2) is 11.0. The third-order valence-electron chi connectivity index (χ3n) is 11.4. The normalized spacial score (nSPS) is 32.7. The molecular weight excluding hydrogens is 532 g/mol. The van der Waals surface area contributed by atoms with E-state index in [0.717, 1.165) is 61.4 Å². The summed E-state index contributed by atoms with van der Waals surface area (Å²) in [5, 5.41) is 13.3. The van der Waals surface area contributed by atoms with E-state index in [9.17, 15) is 24.3 Å². The minimum Gasteiger partial charge on any atom is -0.480 e. The Balaban J connectivity index is 1.03. The fourth-order valence-corrected chi connectivity index (χ4v) is 9.13. The topological polar surface area (TPSA) is 126 Å². The van der Waals surface area contributed by atoms with Crippen LogP contribution in [0.4, 0.5) is 0 Å². The molecule has 3 N–H and O–H groups in total. The second-order valence-electron chi connectivity index (χ2n) is 13.6. The Labute approximate surface area is 246 Å². The van der Waals surface area contributed by atoms with Crippen molar-refractivity contribution in [1.29, 1.82) is 0 Å². The summed E-state index contributed by atoms with van der Waals surface area (Å²) in [5.41, 5.74) is 3.12. The van der Waals surface area contributed by atoms with Gasteiger partial charge >= 0.3 is 11.9 Å². The highest BCUT2D eigenvalue weighted by Gasteiger charge is 2.60. The smallest absolute Gasteiger partial charge is 0.326 e. The number of fused-ring (bicyclic) bond motifs is 6. The molecule has 4 aliphatic rings. The van der Waals surface area contributed by atoms with Crippen LogP contribution in [-0.4, -0.2) is 45.9 Å². The molecule has 42 heavy (non-hydrogen) atoms. The van der Waals surface area contributed by atoms with Crippen LogP contribution in [0.2, 0.25) is 0 Å². The highest BCUT2D eigenvalue weighted by Crippen LogP contribution is 2.65.